The van der Waals surface area contributed by atoms with Gasteiger partial charge in [-0.2, -0.15) is 39.5 Å². The fraction of sp³-hybridized carbons (Fsp3) is 0.323. The fourth-order valence-corrected chi connectivity index (χ4v) is 4.65. The number of ether oxygens (including phenoxy) is 2. The molecule has 2 heterocycles. The zero-order valence-corrected chi connectivity index (χ0v) is 26.1. The number of hydrogen-bond acceptors (Lipinski definition) is 9. The minimum Gasteiger partial charge on any atom is -0.550 e. The van der Waals surface area contributed by atoms with Gasteiger partial charge in [-0.15, -0.1) is 0 Å². The molecule has 0 saturated carbocycles. The zero-order valence-electron chi connectivity index (χ0n) is 25.4. The Labute approximate surface area is 282 Å². The number of aliphatic carboxylic acids is 1. The number of nitrogens with zero attached hydrogens (tertiary/aromatic N) is 5. The normalized spacial score (nSPS) is 12.1. The first kappa shape index (κ1) is 37.9. The number of hydrogen-bond donors (Lipinski definition) is 0. The number of halogens is 10. The van der Waals surface area contributed by atoms with Crippen molar-refractivity contribution < 1.29 is 58.9 Å². The Hall–Kier alpha value is -4.87. The molecule has 0 atom stereocenters. The van der Waals surface area contributed by atoms with Crippen LogP contribution in [0.2, 0.25) is 5.15 Å². The molecule has 268 valence electrons. The molecule has 4 aromatic rings. The molecule has 2 aromatic carbocycles. The van der Waals surface area contributed by atoms with Gasteiger partial charge < -0.3 is 24.3 Å². The summed E-state index contributed by atoms with van der Waals surface area (Å²) in [4.78, 5) is 27.9. The molecule has 0 unspecified atom stereocenters. The Morgan fingerprint density at radius 2 is 1.44 bits per heavy atom. The van der Waals surface area contributed by atoms with Gasteiger partial charge in [0.1, 0.15) is 17.2 Å². The number of carbonyl (C=O) groups excluding carboxylic acids is 1. The van der Waals surface area contributed by atoms with Gasteiger partial charge in [0, 0.05) is 30.7 Å². The molecule has 0 amide bonds. The molecule has 0 fully saturated rings. The van der Waals surface area contributed by atoms with E-state index in [-0.39, 0.29) is 91.1 Å². The summed E-state index contributed by atoms with van der Waals surface area (Å²) >= 11 is 5.88. The predicted molar refractivity (Wildman–Crippen MR) is 156 cm³/mol. The van der Waals surface area contributed by atoms with Crippen LogP contribution in [-0.2, 0) is 36.3 Å². The van der Waals surface area contributed by atoms with Crippen molar-refractivity contribution in [3.05, 3.63) is 94.2 Å². The van der Waals surface area contributed by atoms with E-state index in [4.69, 9.17) is 21.1 Å². The predicted octanol–water partition coefficient (Wildman–Crippen LogP) is 7.32. The van der Waals surface area contributed by atoms with Crippen LogP contribution in [0.4, 0.5) is 45.5 Å². The highest BCUT2D eigenvalue weighted by molar-refractivity contribution is 6.29. The van der Waals surface area contributed by atoms with Crippen LogP contribution in [0.5, 0.6) is 17.4 Å². The summed E-state index contributed by atoms with van der Waals surface area (Å²) in [6.45, 7) is -0.589. The van der Waals surface area contributed by atoms with Crippen LogP contribution < -0.4 is 19.5 Å². The van der Waals surface area contributed by atoms with Gasteiger partial charge in [0.2, 0.25) is 11.8 Å². The van der Waals surface area contributed by atoms with Gasteiger partial charge in [0.25, 0.3) is 0 Å². The van der Waals surface area contributed by atoms with Crippen molar-refractivity contribution in [1.82, 2.24) is 19.9 Å². The highest BCUT2D eigenvalue weighted by atomic mass is 35.5. The van der Waals surface area contributed by atoms with Gasteiger partial charge in [-0.25, -0.2) is 19.9 Å². The van der Waals surface area contributed by atoms with Crippen LogP contribution in [0, 0.1) is 0 Å². The van der Waals surface area contributed by atoms with Crippen LogP contribution in [0.15, 0.2) is 61.2 Å². The summed E-state index contributed by atoms with van der Waals surface area (Å²) in [6.07, 6.45) is -12.0. The summed E-state index contributed by atoms with van der Waals surface area (Å²) in [5.74, 6) is -1.48. The second kappa shape index (κ2) is 15.8. The smallest absolute Gasteiger partial charge is 0.416 e. The van der Waals surface area contributed by atoms with Gasteiger partial charge in [0.05, 0.1) is 35.7 Å². The highest BCUT2D eigenvalue weighted by Gasteiger charge is 2.37. The number of rotatable bonds is 14. The molecular weight excluding hydrogens is 713 g/mol. The second-order valence-electron chi connectivity index (χ2n) is 10.6. The van der Waals surface area contributed by atoms with Gasteiger partial charge >= 0.3 is 18.5 Å². The third kappa shape index (κ3) is 11.1. The van der Waals surface area contributed by atoms with E-state index in [0.29, 0.717) is 12.1 Å². The van der Waals surface area contributed by atoms with Gasteiger partial charge in [-0.1, -0.05) is 11.6 Å². The first-order valence-electron chi connectivity index (χ1n) is 14.4. The molecule has 50 heavy (non-hydrogen) atoms. The van der Waals surface area contributed by atoms with Crippen molar-refractivity contribution in [3.63, 3.8) is 0 Å². The van der Waals surface area contributed by atoms with E-state index in [0.717, 1.165) is 24.5 Å². The van der Waals surface area contributed by atoms with Gasteiger partial charge in [-0.05, 0) is 67.6 Å². The van der Waals surface area contributed by atoms with E-state index >= 15 is 0 Å². The maximum Gasteiger partial charge on any atom is 0.416 e. The molecule has 0 aliphatic rings. The van der Waals surface area contributed by atoms with Crippen molar-refractivity contribution in [2.75, 3.05) is 18.1 Å². The lowest BCUT2D eigenvalue weighted by molar-refractivity contribution is -0.305. The zero-order chi connectivity index (χ0) is 36.7. The number of aromatic nitrogens is 4. The standard InChI is InChI=1S/C31H25ClF9N5O4/c32-25-13-26(45-17-44-25)50-24-6-5-20(29(33,34)35)11-19(24)16-46(28-42-14-23(15-43-28)49-8-2-4-27(47)48)7-1-3-18-9-21(30(36,37)38)12-22(10-18)31(39,40)41/h5-6,9-15,17H,1-4,7-8,16H2,(H,47,48)/p-1. The van der Waals surface area contributed by atoms with Crippen molar-refractivity contribution in [1.29, 1.82) is 0 Å². The van der Waals surface area contributed by atoms with Crippen LogP contribution in [0.3, 0.4) is 0 Å². The Bertz CT molecular complexity index is 1740. The average molecular weight is 737 g/mol. The van der Waals surface area contributed by atoms with Crippen LogP contribution in [0.25, 0.3) is 0 Å². The lowest BCUT2D eigenvalue weighted by Gasteiger charge is -2.25. The summed E-state index contributed by atoms with van der Waals surface area (Å²) < 4.78 is 133. The first-order valence-corrected chi connectivity index (χ1v) is 14.8. The Morgan fingerprint density at radius 3 is 2.02 bits per heavy atom. The molecule has 4 rings (SSSR count). The number of anilines is 1. The van der Waals surface area contributed by atoms with E-state index in [9.17, 15) is 49.4 Å². The number of aryl methyl sites for hydroxylation is 1. The minimum absolute atomic E-state index is 0.00579. The number of carbonyl (C=O) groups is 1. The maximum atomic E-state index is 13.8. The summed E-state index contributed by atoms with van der Waals surface area (Å²) in [5.41, 5.74) is -4.39. The molecule has 9 nitrogen and oxygen atoms in total. The van der Waals surface area contributed by atoms with Gasteiger partial charge in [0.15, 0.2) is 5.75 Å². The summed E-state index contributed by atoms with van der Waals surface area (Å²) in [7, 11) is 0. The molecule has 0 saturated heterocycles. The van der Waals surface area contributed by atoms with E-state index in [1.165, 1.54) is 23.4 Å². The SMILES string of the molecule is O=C([O-])CCCOc1cnc(N(CCCc2cc(C(F)(F)F)cc(C(F)(F)F)c2)Cc2cc(C(F)(F)F)ccc2Oc2cc(Cl)ncn2)nc1. The van der Waals surface area contributed by atoms with Crippen molar-refractivity contribution in [2.24, 2.45) is 0 Å². The lowest BCUT2D eigenvalue weighted by atomic mass is 10.0. The molecule has 0 aliphatic heterocycles. The topological polar surface area (TPSA) is 113 Å². The molecule has 0 N–H and O–H groups in total. The number of carboxylic acid groups (broad SMARTS) is 1. The molecule has 19 heteroatoms. The second-order valence-corrected chi connectivity index (χ2v) is 11.0. The number of benzene rings is 2. The largest absolute Gasteiger partial charge is 0.550 e. The summed E-state index contributed by atoms with van der Waals surface area (Å²) in [5, 5.41) is 10.6. The van der Waals surface area contributed by atoms with E-state index in [1.54, 1.807) is 0 Å². The Kier molecular flexibility index (Phi) is 12.0. The Balaban J connectivity index is 1.65. The molecule has 2 aromatic heterocycles. The van der Waals surface area contributed by atoms with Crippen LogP contribution in [0.1, 0.15) is 47.1 Å². The number of alkyl halides is 9. The molecular formula is C31H24ClF9N5O4-. The number of carboxylic acids is 1. The quantitative estimate of drug-likeness (QED) is 0.0747. The average Bonchev–Trinajstić information content (AvgIpc) is 3.02. The summed E-state index contributed by atoms with van der Waals surface area (Å²) in [6, 6.07) is 5.00. The van der Waals surface area contributed by atoms with Crippen molar-refractivity contribution in [2.45, 2.75) is 50.8 Å². The monoisotopic (exact) mass is 736 g/mol. The Morgan fingerprint density at radius 1 is 0.800 bits per heavy atom. The van der Waals surface area contributed by atoms with Crippen LogP contribution in [-0.4, -0.2) is 39.1 Å². The van der Waals surface area contributed by atoms with Crippen LogP contribution >= 0.6 is 11.6 Å². The van der Waals surface area contributed by atoms with Crippen molar-refractivity contribution in [3.8, 4) is 17.4 Å². The van der Waals surface area contributed by atoms with E-state index in [2.05, 4.69) is 19.9 Å². The third-order valence-corrected chi connectivity index (χ3v) is 7.01. The maximum absolute atomic E-state index is 13.8. The molecule has 0 spiro atoms. The lowest BCUT2D eigenvalue weighted by Crippen LogP contribution is -2.27. The minimum atomic E-state index is -5.06. The van der Waals surface area contributed by atoms with Crippen molar-refractivity contribution >= 4 is 23.5 Å². The molecule has 0 radical (unpaired) electrons. The van der Waals surface area contributed by atoms with Gasteiger partial charge in [-0.3, -0.25) is 0 Å². The third-order valence-electron chi connectivity index (χ3n) is 6.80. The van der Waals surface area contributed by atoms with E-state index in [1.807, 2.05) is 0 Å². The molecule has 0 aliphatic carbocycles. The fourth-order valence-electron chi connectivity index (χ4n) is 4.51. The molecule has 0 bridgehead atoms. The highest BCUT2D eigenvalue weighted by Crippen LogP contribution is 2.37. The first-order chi connectivity index (χ1) is 23.4. The van der Waals surface area contributed by atoms with E-state index < -0.39 is 41.2 Å².